The molecule has 0 bridgehead atoms. The molecule has 3 aromatic rings. The zero-order valence-electron chi connectivity index (χ0n) is 14.8. The molecule has 0 spiro atoms. The Morgan fingerprint density at radius 3 is 3.00 bits per heavy atom. The van der Waals surface area contributed by atoms with Gasteiger partial charge in [-0.2, -0.15) is 0 Å². The van der Waals surface area contributed by atoms with Crippen molar-refractivity contribution in [3.8, 4) is 0 Å². The molecule has 1 amide bonds. The minimum atomic E-state index is -0.293. The lowest BCUT2D eigenvalue weighted by Crippen LogP contribution is -2.28. The molecule has 1 atom stereocenters. The summed E-state index contributed by atoms with van der Waals surface area (Å²) in [5.74, 6) is 1.25. The second kappa shape index (κ2) is 6.44. The normalized spacial score (nSPS) is 17.0. The van der Waals surface area contributed by atoms with Crippen LogP contribution < -0.4 is 5.32 Å². The van der Waals surface area contributed by atoms with Crippen LogP contribution >= 0.6 is 0 Å². The van der Waals surface area contributed by atoms with Crippen molar-refractivity contribution >= 4 is 22.7 Å². The van der Waals surface area contributed by atoms with Gasteiger partial charge in [0.1, 0.15) is 23.0 Å². The SMILES string of the molecule is CC(=O)N1CCC(Nc2nccc3oc(C)cc23)c2ccc(F)cc2C1. The molecule has 2 aromatic heterocycles. The second-order valence-electron chi connectivity index (χ2n) is 6.70. The quantitative estimate of drug-likeness (QED) is 0.751. The number of amides is 1. The largest absolute Gasteiger partial charge is 0.461 e. The summed E-state index contributed by atoms with van der Waals surface area (Å²) in [6.07, 6.45) is 2.42. The first-order chi connectivity index (χ1) is 12.5. The van der Waals surface area contributed by atoms with Gasteiger partial charge >= 0.3 is 0 Å². The Labute approximate surface area is 150 Å². The fraction of sp³-hybridized carbons (Fsp3) is 0.300. The number of fused-ring (bicyclic) bond motifs is 2. The fourth-order valence-electron chi connectivity index (χ4n) is 3.57. The number of carbonyl (C=O) groups excluding carboxylic acids is 1. The summed E-state index contributed by atoms with van der Waals surface area (Å²) in [5.41, 5.74) is 2.60. The highest BCUT2D eigenvalue weighted by Gasteiger charge is 2.25. The maximum absolute atomic E-state index is 13.8. The van der Waals surface area contributed by atoms with Crippen LogP contribution in [0.15, 0.2) is 40.9 Å². The molecule has 0 saturated heterocycles. The van der Waals surface area contributed by atoms with E-state index in [-0.39, 0.29) is 17.8 Å². The molecule has 5 nitrogen and oxygen atoms in total. The van der Waals surface area contributed by atoms with E-state index in [1.165, 1.54) is 12.1 Å². The van der Waals surface area contributed by atoms with E-state index in [1.807, 2.05) is 19.1 Å². The third-order valence-corrected chi connectivity index (χ3v) is 4.85. The summed E-state index contributed by atoms with van der Waals surface area (Å²) in [6, 6.07) is 8.50. The predicted molar refractivity (Wildman–Crippen MR) is 97.2 cm³/mol. The lowest BCUT2D eigenvalue weighted by Gasteiger charge is -2.20. The first kappa shape index (κ1) is 16.6. The van der Waals surface area contributed by atoms with Gasteiger partial charge < -0.3 is 14.6 Å². The molecular weight excluding hydrogens is 333 g/mol. The number of hydrogen-bond acceptors (Lipinski definition) is 4. The Bertz CT molecular complexity index is 982. The molecule has 4 rings (SSSR count). The number of aryl methyl sites for hydroxylation is 1. The lowest BCUT2D eigenvalue weighted by atomic mass is 9.99. The van der Waals surface area contributed by atoms with Crippen LogP contribution in [-0.4, -0.2) is 22.3 Å². The van der Waals surface area contributed by atoms with Crippen molar-refractivity contribution in [1.29, 1.82) is 0 Å². The Morgan fingerprint density at radius 2 is 2.19 bits per heavy atom. The highest BCUT2D eigenvalue weighted by atomic mass is 19.1. The predicted octanol–water partition coefficient (Wildman–Crippen LogP) is 4.18. The van der Waals surface area contributed by atoms with Crippen molar-refractivity contribution in [3.05, 3.63) is 59.2 Å². The van der Waals surface area contributed by atoms with Gasteiger partial charge in [0, 0.05) is 26.2 Å². The molecule has 134 valence electrons. The van der Waals surface area contributed by atoms with Crippen LogP contribution in [0.5, 0.6) is 0 Å². The monoisotopic (exact) mass is 353 g/mol. The molecule has 1 aliphatic rings. The summed E-state index contributed by atoms with van der Waals surface area (Å²) < 4.78 is 19.4. The van der Waals surface area contributed by atoms with E-state index in [2.05, 4.69) is 10.3 Å². The summed E-state index contributed by atoms with van der Waals surface area (Å²) in [5, 5.41) is 4.40. The molecule has 1 aliphatic heterocycles. The van der Waals surface area contributed by atoms with Gasteiger partial charge in [-0.05, 0) is 48.7 Å². The topological polar surface area (TPSA) is 58.4 Å². The van der Waals surface area contributed by atoms with Gasteiger partial charge in [0.05, 0.1) is 11.4 Å². The summed E-state index contributed by atoms with van der Waals surface area (Å²) in [6.45, 7) is 4.47. The Balaban J connectivity index is 1.73. The van der Waals surface area contributed by atoms with Crippen LogP contribution in [0.2, 0.25) is 0 Å². The molecule has 0 fully saturated rings. The first-order valence-corrected chi connectivity index (χ1v) is 8.67. The minimum absolute atomic E-state index is 0.00783. The average Bonchev–Trinajstić information content (AvgIpc) is 2.89. The summed E-state index contributed by atoms with van der Waals surface area (Å²) >= 11 is 0. The number of nitrogens with one attached hydrogen (secondary N) is 1. The van der Waals surface area contributed by atoms with Gasteiger partial charge in [0.2, 0.25) is 5.91 Å². The van der Waals surface area contributed by atoms with E-state index in [0.717, 1.165) is 33.7 Å². The van der Waals surface area contributed by atoms with Gasteiger partial charge in [0.15, 0.2) is 0 Å². The highest BCUT2D eigenvalue weighted by Crippen LogP contribution is 2.33. The van der Waals surface area contributed by atoms with Crippen LogP contribution in [-0.2, 0) is 11.3 Å². The van der Waals surface area contributed by atoms with E-state index in [4.69, 9.17) is 4.42 Å². The zero-order valence-corrected chi connectivity index (χ0v) is 14.8. The van der Waals surface area contributed by atoms with Crippen LogP contribution in [0.3, 0.4) is 0 Å². The number of aromatic nitrogens is 1. The van der Waals surface area contributed by atoms with Crippen molar-refractivity contribution in [2.45, 2.75) is 32.9 Å². The number of benzene rings is 1. The number of anilines is 1. The van der Waals surface area contributed by atoms with E-state index >= 15 is 0 Å². The standard InChI is InChI=1S/C20H20FN3O2/c1-12-9-17-19(26-12)5-7-22-20(17)23-18-6-8-24(13(2)25)11-14-10-15(21)3-4-16(14)18/h3-5,7,9-10,18H,6,8,11H2,1-2H3,(H,22,23). The second-order valence-corrected chi connectivity index (χ2v) is 6.70. The summed E-state index contributed by atoms with van der Waals surface area (Å²) in [7, 11) is 0. The Kier molecular flexibility index (Phi) is 4.11. The Morgan fingerprint density at radius 1 is 1.35 bits per heavy atom. The van der Waals surface area contributed by atoms with Crippen LogP contribution in [0.4, 0.5) is 10.2 Å². The molecule has 6 heteroatoms. The van der Waals surface area contributed by atoms with Crippen molar-refractivity contribution in [2.75, 3.05) is 11.9 Å². The zero-order chi connectivity index (χ0) is 18.3. The highest BCUT2D eigenvalue weighted by molar-refractivity contribution is 5.88. The maximum Gasteiger partial charge on any atom is 0.219 e. The molecule has 0 radical (unpaired) electrons. The number of halogens is 1. The minimum Gasteiger partial charge on any atom is -0.461 e. The van der Waals surface area contributed by atoms with E-state index < -0.39 is 0 Å². The third-order valence-electron chi connectivity index (χ3n) is 4.85. The van der Waals surface area contributed by atoms with E-state index in [9.17, 15) is 9.18 Å². The van der Waals surface area contributed by atoms with Crippen molar-refractivity contribution in [2.24, 2.45) is 0 Å². The molecule has 26 heavy (non-hydrogen) atoms. The van der Waals surface area contributed by atoms with E-state index in [0.29, 0.717) is 19.5 Å². The lowest BCUT2D eigenvalue weighted by molar-refractivity contribution is -0.129. The van der Waals surface area contributed by atoms with Crippen LogP contribution in [0, 0.1) is 12.7 Å². The number of rotatable bonds is 2. The Hall–Kier alpha value is -2.89. The molecule has 0 saturated carbocycles. The maximum atomic E-state index is 13.8. The number of nitrogens with zero attached hydrogens (tertiary/aromatic N) is 2. The van der Waals surface area contributed by atoms with Crippen LogP contribution in [0.25, 0.3) is 11.0 Å². The first-order valence-electron chi connectivity index (χ1n) is 8.67. The average molecular weight is 353 g/mol. The molecule has 3 heterocycles. The number of pyridine rings is 1. The van der Waals surface area contributed by atoms with E-state index in [1.54, 1.807) is 24.1 Å². The van der Waals surface area contributed by atoms with Gasteiger partial charge in [-0.15, -0.1) is 0 Å². The molecular formula is C20H20FN3O2. The molecule has 0 aliphatic carbocycles. The third kappa shape index (κ3) is 3.03. The van der Waals surface area contributed by atoms with Crippen LogP contribution in [0.1, 0.15) is 36.3 Å². The number of carbonyl (C=O) groups is 1. The van der Waals surface area contributed by atoms with Gasteiger partial charge in [-0.1, -0.05) is 6.07 Å². The smallest absolute Gasteiger partial charge is 0.219 e. The molecule has 1 unspecified atom stereocenters. The van der Waals surface area contributed by atoms with Crippen molar-refractivity contribution in [1.82, 2.24) is 9.88 Å². The molecule has 1 N–H and O–H groups in total. The van der Waals surface area contributed by atoms with Gasteiger partial charge in [-0.25, -0.2) is 9.37 Å². The van der Waals surface area contributed by atoms with Crippen molar-refractivity contribution in [3.63, 3.8) is 0 Å². The number of furan rings is 1. The molecule has 1 aromatic carbocycles. The summed E-state index contributed by atoms with van der Waals surface area (Å²) in [4.78, 5) is 18.1. The number of hydrogen-bond donors (Lipinski definition) is 1. The van der Waals surface area contributed by atoms with Gasteiger partial charge in [0.25, 0.3) is 0 Å². The van der Waals surface area contributed by atoms with Gasteiger partial charge in [-0.3, -0.25) is 4.79 Å². The fourth-order valence-corrected chi connectivity index (χ4v) is 3.57. The van der Waals surface area contributed by atoms with Crippen molar-refractivity contribution < 1.29 is 13.6 Å².